The van der Waals surface area contributed by atoms with E-state index in [-0.39, 0.29) is 5.97 Å². The normalized spacial score (nSPS) is 44.6. The number of hydrogen-bond donors (Lipinski definition) is 0. The Balaban J connectivity index is 1.43. The summed E-state index contributed by atoms with van der Waals surface area (Å²) in [5, 5.41) is 0. The summed E-state index contributed by atoms with van der Waals surface area (Å²) in [6.45, 7) is 7.59. The van der Waals surface area contributed by atoms with Gasteiger partial charge >= 0.3 is 5.97 Å². The van der Waals surface area contributed by atoms with Gasteiger partial charge < -0.3 is 4.74 Å². The van der Waals surface area contributed by atoms with Crippen LogP contribution in [0.4, 0.5) is 0 Å². The summed E-state index contributed by atoms with van der Waals surface area (Å²) in [6, 6.07) is 0. The highest BCUT2D eigenvalue weighted by Gasteiger charge is 2.60. The first-order chi connectivity index (χ1) is 13.9. The molecule has 0 saturated heterocycles. The van der Waals surface area contributed by atoms with Crippen LogP contribution < -0.4 is 0 Å². The summed E-state index contributed by atoms with van der Waals surface area (Å²) in [7, 11) is 0. The lowest BCUT2D eigenvalue weighted by atomic mass is 9.44. The van der Waals surface area contributed by atoms with E-state index in [4.69, 9.17) is 4.74 Å². The summed E-state index contributed by atoms with van der Waals surface area (Å²) >= 11 is 0. The molecule has 0 spiro atoms. The van der Waals surface area contributed by atoms with E-state index in [1.54, 1.807) is 0 Å². The van der Waals surface area contributed by atoms with Crippen LogP contribution in [-0.4, -0.2) is 11.9 Å². The summed E-state index contributed by atoms with van der Waals surface area (Å²) in [5.41, 5.74) is 1.06. The van der Waals surface area contributed by atoms with Gasteiger partial charge in [0.15, 0.2) is 12.2 Å². The van der Waals surface area contributed by atoms with Gasteiger partial charge in [0.1, 0.15) is 0 Å². The van der Waals surface area contributed by atoms with Gasteiger partial charge in [0.05, 0.1) is 0 Å². The number of fused-ring (bicyclic) bond motifs is 5. The van der Waals surface area contributed by atoms with E-state index in [0.717, 1.165) is 42.3 Å². The fourth-order valence-corrected chi connectivity index (χ4v) is 8.97. The van der Waals surface area contributed by atoms with Crippen molar-refractivity contribution >= 4 is 11.9 Å². The van der Waals surface area contributed by atoms with E-state index in [1.165, 1.54) is 70.1 Å². The second-order valence-electron chi connectivity index (χ2n) is 11.4. The number of hydrogen-bond acceptors (Lipinski definition) is 3. The third kappa shape index (κ3) is 3.62. The highest BCUT2D eigenvalue weighted by atomic mass is 16.5. The molecule has 4 aliphatic rings. The molecule has 162 valence electrons. The van der Waals surface area contributed by atoms with Crippen molar-refractivity contribution in [1.29, 1.82) is 0 Å². The second-order valence-corrected chi connectivity index (χ2v) is 11.4. The van der Waals surface area contributed by atoms with Crippen molar-refractivity contribution in [1.82, 2.24) is 0 Å². The van der Waals surface area contributed by atoms with Crippen molar-refractivity contribution in [2.75, 3.05) is 0 Å². The maximum Gasteiger partial charge on any atom is 0.311 e. The zero-order valence-electron chi connectivity index (χ0n) is 18.8. The van der Waals surface area contributed by atoms with Crippen LogP contribution >= 0.6 is 0 Å². The minimum Gasteiger partial charge on any atom is -0.422 e. The van der Waals surface area contributed by atoms with Crippen molar-refractivity contribution in [2.45, 2.75) is 97.8 Å². The lowest BCUT2D eigenvalue weighted by Crippen LogP contribution is -2.53. The van der Waals surface area contributed by atoms with Crippen LogP contribution in [0.1, 0.15) is 97.8 Å². The van der Waals surface area contributed by atoms with Crippen LogP contribution in [-0.2, 0) is 14.3 Å². The Bertz CT molecular complexity index is 665. The maximum absolute atomic E-state index is 11.8. The van der Waals surface area contributed by atoms with Gasteiger partial charge in [-0.1, -0.05) is 33.6 Å². The van der Waals surface area contributed by atoms with Crippen LogP contribution in [0.25, 0.3) is 0 Å². The fourth-order valence-electron chi connectivity index (χ4n) is 8.97. The fraction of sp³-hybridized carbons (Fsp3) is 0.885. The Kier molecular flexibility index (Phi) is 6.00. The molecule has 0 aliphatic heterocycles. The summed E-state index contributed by atoms with van der Waals surface area (Å²) in [6.07, 6.45) is 16.5. The van der Waals surface area contributed by atoms with Crippen molar-refractivity contribution in [3.8, 4) is 0 Å². The third-order valence-electron chi connectivity index (χ3n) is 10.4. The Hall–Kier alpha value is -1.08. The molecule has 0 aromatic rings. The molecule has 4 fully saturated rings. The molecule has 8 atom stereocenters. The van der Waals surface area contributed by atoms with E-state index < -0.39 is 0 Å². The van der Waals surface area contributed by atoms with Crippen LogP contribution in [0.5, 0.6) is 0 Å². The maximum atomic E-state index is 11.8. The van der Waals surface area contributed by atoms with E-state index in [0.29, 0.717) is 23.2 Å². The molecule has 0 N–H and O–H groups in total. The Morgan fingerprint density at radius 1 is 1.03 bits per heavy atom. The number of rotatable bonds is 5. The van der Waals surface area contributed by atoms with Crippen molar-refractivity contribution in [3.63, 3.8) is 0 Å². The highest BCUT2D eigenvalue weighted by Crippen LogP contribution is 2.68. The Labute approximate surface area is 177 Å². The lowest BCUT2D eigenvalue weighted by Gasteiger charge is -2.61. The first kappa shape index (κ1) is 21.2. The van der Waals surface area contributed by atoms with Crippen LogP contribution in [0, 0.1) is 46.3 Å². The number of esters is 1. The zero-order valence-corrected chi connectivity index (χ0v) is 18.8. The monoisotopic (exact) mass is 400 g/mol. The van der Waals surface area contributed by atoms with Gasteiger partial charge in [-0.15, -0.1) is 0 Å². The van der Waals surface area contributed by atoms with Gasteiger partial charge in [-0.2, -0.15) is 0 Å². The first-order valence-electron chi connectivity index (χ1n) is 12.3. The molecule has 3 heteroatoms. The molecule has 0 aromatic heterocycles. The summed E-state index contributed by atoms with van der Waals surface area (Å²) in [4.78, 5) is 22.0. The van der Waals surface area contributed by atoms with Crippen LogP contribution in [0.15, 0.2) is 6.26 Å². The van der Waals surface area contributed by atoms with E-state index in [1.807, 2.05) is 0 Å². The molecule has 29 heavy (non-hydrogen) atoms. The quantitative estimate of drug-likeness (QED) is 0.307. The second kappa shape index (κ2) is 8.22. The van der Waals surface area contributed by atoms with E-state index in [9.17, 15) is 9.59 Å². The van der Waals surface area contributed by atoms with Crippen molar-refractivity contribution < 1.29 is 14.3 Å². The molecule has 0 bridgehead atoms. The van der Waals surface area contributed by atoms with Gasteiger partial charge in [0, 0.05) is 6.42 Å². The van der Waals surface area contributed by atoms with E-state index >= 15 is 0 Å². The SMILES string of the molecule is C[C@H](CCC(=O)OC=C=O)[C@H]1CC[C@H]2[C@@H]3CCC4CCCC[C@]4(C)[C@H]3CC[C@]12C. The minimum atomic E-state index is -0.299. The smallest absolute Gasteiger partial charge is 0.311 e. The lowest BCUT2D eigenvalue weighted by molar-refractivity contribution is -0.138. The molecule has 0 aromatic carbocycles. The topological polar surface area (TPSA) is 43.4 Å². The predicted octanol–water partition coefficient (Wildman–Crippen LogP) is 6.34. The first-order valence-corrected chi connectivity index (χ1v) is 12.3. The van der Waals surface area contributed by atoms with Crippen molar-refractivity contribution in [3.05, 3.63) is 6.26 Å². The average molecular weight is 401 g/mol. The Morgan fingerprint density at radius 2 is 1.83 bits per heavy atom. The number of ether oxygens (including phenoxy) is 1. The van der Waals surface area contributed by atoms with Gasteiger partial charge in [-0.05, 0) is 104 Å². The van der Waals surface area contributed by atoms with Gasteiger partial charge in [0.25, 0.3) is 0 Å². The molecule has 0 amide bonds. The van der Waals surface area contributed by atoms with Gasteiger partial charge in [-0.3, -0.25) is 4.79 Å². The zero-order chi connectivity index (χ0) is 20.6. The molecular formula is C26H40O3. The third-order valence-corrected chi connectivity index (χ3v) is 10.4. The molecule has 0 radical (unpaired) electrons. The molecule has 0 heterocycles. The largest absolute Gasteiger partial charge is 0.422 e. The standard InChI is InChI=1S/C26H40O3/c1-18(7-12-24(28)29-17-16-27)21-10-11-22-20-9-8-19-6-4-5-14-25(19,2)23(20)13-15-26(21,22)3/h17-23H,4-15H2,1-3H3/t18-,19?,20+,21-,22+,23+,25+,26-/m1/s1. The predicted molar refractivity (Wildman–Crippen MR) is 115 cm³/mol. The van der Waals surface area contributed by atoms with E-state index in [2.05, 4.69) is 20.8 Å². The van der Waals surface area contributed by atoms with Crippen LogP contribution in [0.2, 0.25) is 0 Å². The number of carbonyl (C=O) groups is 1. The minimum absolute atomic E-state index is 0.299. The summed E-state index contributed by atoms with van der Waals surface area (Å²) < 4.78 is 4.78. The average Bonchev–Trinajstić information content (AvgIpc) is 3.07. The molecule has 4 saturated carbocycles. The van der Waals surface area contributed by atoms with Crippen LogP contribution in [0.3, 0.4) is 0 Å². The molecular weight excluding hydrogens is 360 g/mol. The molecule has 4 rings (SSSR count). The summed E-state index contributed by atoms with van der Waals surface area (Å²) in [5.74, 6) is 6.25. The molecule has 1 unspecified atom stereocenters. The Morgan fingerprint density at radius 3 is 2.62 bits per heavy atom. The highest BCUT2D eigenvalue weighted by molar-refractivity contribution is 5.71. The molecule has 3 nitrogen and oxygen atoms in total. The molecule has 4 aliphatic carbocycles. The van der Waals surface area contributed by atoms with Gasteiger partial charge in [-0.25, -0.2) is 4.79 Å². The number of carbonyl (C=O) groups excluding carboxylic acids is 2. The van der Waals surface area contributed by atoms with Crippen molar-refractivity contribution in [2.24, 2.45) is 46.3 Å². The van der Waals surface area contributed by atoms with Gasteiger partial charge in [0.2, 0.25) is 0 Å².